The Hall–Kier alpha value is -0.540. The van der Waals surface area contributed by atoms with Gasteiger partial charge in [-0.3, -0.25) is 4.90 Å². The summed E-state index contributed by atoms with van der Waals surface area (Å²) in [6, 6.07) is 0.493. The summed E-state index contributed by atoms with van der Waals surface area (Å²) in [7, 11) is 1.68. The monoisotopic (exact) mass is 170 g/mol. The van der Waals surface area contributed by atoms with Crippen LogP contribution in [-0.4, -0.2) is 44.2 Å². The van der Waals surface area contributed by atoms with E-state index in [1.165, 1.54) is 0 Å². The molecule has 1 aliphatic rings. The first-order chi connectivity index (χ1) is 5.84. The van der Waals surface area contributed by atoms with E-state index in [-0.39, 0.29) is 0 Å². The summed E-state index contributed by atoms with van der Waals surface area (Å²) < 4.78 is 4.88. The van der Waals surface area contributed by atoms with Crippen LogP contribution < -0.4 is 5.32 Å². The highest BCUT2D eigenvalue weighted by Crippen LogP contribution is 2.01. The highest BCUT2D eigenvalue weighted by atomic mass is 16.5. The first-order valence-corrected chi connectivity index (χ1v) is 4.49. The van der Waals surface area contributed by atoms with Crippen LogP contribution in [0.5, 0.6) is 0 Å². The van der Waals surface area contributed by atoms with Gasteiger partial charge in [-0.15, -0.1) is 0 Å². The zero-order valence-electron chi connectivity index (χ0n) is 7.92. The largest absolute Gasteiger partial charge is 0.505 e. The average molecular weight is 170 g/mol. The summed E-state index contributed by atoms with van der Waals surface area (Å²) >= 11 is 0. The summed E-state index contributed by atoms with van der Waals surface area (Å²) in [5.41, 5.74) is 0. The molecule has 0 amide bonds. The third kappa shape index (κ3) is 2.83. The van der Waals surface area contributed by atoms with Crippen LogP contribution in [0.1, 0.15) is 6.92 Å². The lowest BCUT2D eigenvalue weighted by Crippen LogP contribution is -2.46. The summed E-state index contributed by atoms with van der Waals surface area (Å²) in [6.45, 7) is 6.67. The predicted molar refractivity (Wildman–Crippen MR) is 50.1 cm³/mol. The molecule has 1 unspecified atom stereocenters. The first kappa shape index (κ1) is 9.55. The molecule has 1 N–H and O–H groups in total. The van der Waals surface area contributed by atoms with Crippen molar-refractivity contribution in [3.8, 4) is 0 Å². The van der Waals surface area contributed by atoms with Crippen LogP contribution in [-0.2, 0) is 4.74 Å². The molecule has 12 heavy (non-hydrogen) atoms. The molecule has 1 saturated heterocycles. The third-order valence-corrected chi connectivity index (χ3v) is 2.22. The van der Waals surface area contributed by atoms with Gasteiger partial charge in [0, 0.05) is 32.2 Å². The topological polar surface area (TPSA) is 24.5 Å². The van der Waals surface area contributed by atoms with Crippen LogP contribution in [0.25, 0.3) is 0 Å². The molecule has 0 radical (unpaired) electrons. The molecule has 0 aromatic carbocycles. The van der Waals surface area contributed by atoms with Gasteiger partial charge in [0.2, 0.25) is 0 Å². The molecule has 1 aliphatic heterocycles. The Bertz CT molecular complexity index is 141. The molecular weight excluding hydrogens is 152 g/mol. The van der Waals surface area contributed by atoms with Crippen molar-refractivity contribution in [2.45, 2.75) is 13.0 Å². The van der Waals surface area contributed by atoms with Gasteiger partial charge in [-0.05, 0) is 13.0 Å². The smallest absolute Gasteiger partial charge is 0.0800 e. The van der Waals surface area contributed by atoms with E-state index in [0.29, 0.717) is 6.04 Å². The maximum Gasteiger partial charge on any atom is 0.0800 e. The maximum atomic E-state index is 4.88. The molecular formula is C9H18N2O. The standard InChI is InChI=1S/C9H18N2O/c1-9(3-8-12-2)11-6-4-10-5-7-11/h3,8-10H,4-7H2,1-2H3/b8-3+. The molecule has 1 rings (SSSR count). The molecule has 3 nitrogen and oxygen atoms in total. The van der Waals surface area contributed by atoms with E-state index < -0.39 is 0 Å². The molecule has 0 aliphatic carbocycles. The summed E-state index contributed by atoms with van der Waals surface area (Å²) in [5, 5.41) is 3.33. The van der Waals surface area contributed by atoms with Gasteiger partial charge in [0.15, 0.2) is 0 Å². The number of nitrogens with one attached hydrogen (secondary N) is 1. The zero-order chi connectivity index (χ0) is 8.81. The first-order valence-electron chi connectivity index (χ1n) is 4.49. The molecule has 1 atom stereocenters. The second kappa shape index (κ2) is 5.17. The van der Waals surface area contributed by atoms with E-state index in [0.717, 1.165) is 26.2 Å². The van der Waals surface area contributed by atoms with E-state index >= 15 is 0 Å². The van der Waals surface area contributed by atoms with Gasteiger partial charge in [-0.2, -0.15) is 0 Å². The van der Waals surface area contributed by atoms with Gasteiger partial charge in [-0.25, -0.2) is 0 Å². The number of methoxy groups -OCH3 is 1. The second-order valence-electron chi connectivity index (χ2n) is 3.09. The number of hydrogen-bond acceptors (Lipinski definition) is 3. The fraction of sp³-hybridized carbons (Fsp3) is 0.778. The normalized spacial score (nSPS) is 22.8. The zero-order valence-corrected chi connectivity index (χ0v) is 7.92. The van der Waals surface area contributed by atoms with Crippen molar-refractivity contribution in [2.75, 3.05) is 33.3 Å². The minimum atomic E-state index is 0.493. The molecule has 0 spiro atoms. The number of nitrogens with zero attached hydrogens (tertiary/aromatic N) is 1. The van der Waals surface area contributed by atoms with E-state index in [2.05, 4.69) is 23.2 Å². The van der Waals surface area contributed by atoms with E-state index in [1.807, 2.05) is 0 Å². The minimum absolute atomic E-state index is 0.493. The van der Waals surface area contributed by atoms with E-state index in [9.17, 15) is 0 Å². The van der Waals surface area contributed by atoms with Crippen molar-refractivity contribution >= 4 is 0 Å². The molecule has 0 bridgehead atoms. The van der Waals surface area contributed by atoms with Crippen LogP contribution in [0, 0.1) is 0 Å². The van der Waals surface area contributed by atoms with Crippen molar-refractivity contribution in [1.29, 1.82) is 0 Å². The molecule has 0 aromatic rings. The van der Waals surface area contributed by atoms with Crippen molar-refractivity contribution in [3.63, 3.8) is 0 Å². The van der Waals surface area contributed by atoms with Crippen molar-refractivity contribution < 1.29 is 4.74 Å². The summed E-state index contributed by atoms with van der Waals surface area (Å²) in [5.74, 6) is 0. The Morgan fingerprint density at radius 1 is 1.42 bits per heavy atom. The Morgan fingerprint density at radius 2 is 2.08 bits per heavy atom. The molecule has 1 heterocycles. The molecule has 0 saturated carbocycles. The number of rotatable bonds is 3. The second-order valence-corrected chi connectivity index (χ2v) is 3.09. The minimum Gasteiger partial charge on any atom is -0.505 e. The van der Waals surface area contributed by atoms with Gasteiger partial charge >= 0.3 is 0 Å². The van der Waals surface area contributed by atoms with Gasteiger partial charge < -0.3 is 10.1 Å². The lowest BCUT2D eigenvalue weighted by atomic mass is 10.2. The lowest BCUT2D eigenvalue weighted by Gasteiger charge is -2.30. The number of piperazine rings is 1. The molecule has 1 fully saturated rings. The van der Waals surface area contributed by atoms with Crippen LogP contribution in [0.4, 0.5) is 0 Å². The Labute approximate surface area is 74.4 Å². The van der Waals surface area contributed by atoms with Crippen LogP contribution in [0.15, 0.2) is 12.3 Å². The molecule has 3 heteroatoms. The predicted octanol–water partition coefficient (Wildman–Crippen LogP) is 0.440. The highest BCUT2D eigenvalue weighted by molar-refractivity contribution is 4.89. The van der Waals surface area contributed by atoms with Gasteiger partial charge in [0.1, 0.15) is 0 Å². The van der Waals surface area contributed by atoms with Crippen molar-refractivity contribution in [1.82, 2.24) is 10.2 Å². The summed E-state index contributed by atoms with van der Waals surface area (Å²) in [4.78, 5) is 2.44. The van der Waals surface area contributed by atoms with Crippen molar-refractivity contribution in [2.24, 2.45) is 0 Å². The van der Waals surface area contributed by atoms with Crippen LogP contribution in [0.2, 0.25) is 0 Å². The molecule has 70 valence electrons. The fourth-order valence-electron chi connectivity index (χ4n) is 1.40. The summed E-state index contributed by atoms with van der Waals surface area (Å²) in [6.07, 6.45) is 3.85. The average Bonchev–Trinajstić information content (AvgIpc) is 2.15. The highest BCUT2D eigenvalue weighted by Gasteiger charge is 2.13. The fourth-order valence-corrected chi connectivity index (χ4v) is 1.40. The number of ether oxygens (including phenoxy) is 1. The Kier molecular flexibility index (Phi) is 4.11. The quantitative estimate of drug-likeness (QED) is 0.622. The molecule has 0 aromatic heterocycles. The Balaban J connectivity index is 2.29. The van der Waals surface area contributed by atoms with Gasteiger partial charge in [-0.1, -0.05) is 0 Å². The van der Waals surface area contributed by atoms with Crippen molar-refractivity contribution in [3.05, 3.63) is 12.3 Å². The van der Waals surface area contributed by atoms with E-state index in [1.54, 1.807) is 13.4 Å². The SMILES string of the molecule is CO/C=C/C(C)N1CCNCC1. The van der Waals surface area contributed by atoms with E-state index in [4.69, 9.17) is 4.74 Å². The third-order valence-electron chi connectivity index (χ3n) is 2.22. The van der Waals surface area contributed by atoms with Gasteiger partial charge in [0.05, 0.1) is 13.4 Å². The van der Waals surface area contributed by atoms with Crippen LogP contribution >= 0.6 is 0 Å². The van der Waals surface area contributed by atoms with Gasteiger partial charge in [0.25, 0.3) is 0 Å². The lowest BCUT2D eigenvalue weighted by molar-refractivity contribution is 0.209. The number of hydrogen-bond donors (Lipinski definition) is 1. The maximum absolute atomic E-state index is 4.88. The Morgan fingerprint density at radius 3 is 2.67 bits per heavy atom. The van der Waals surface area contributed by atoms with Crippen LogP contribution in [0.3, 0.4) is 0 Å².